The second kappa shape index (κ2) is 13.8. The Kier molecular flexibility index (Phi) is 10.5. The Morgan fingerprint density at radius 2 is 1.89 bits per heavy atom. The fraction of sp³-hybridized carbons (Fsp3) is 0.607. The van der Waals surface area contributed by atoms with Crippen molar-refractivity contribution in [1.29, 1.82) is 0 Å². The minimum atomic E-state index is 0.402. The molecule has 1 unspecified atom stereocenters. The van der Waals surface area contributed by atoms with Crippen LogP contribution in [-0.2, 0) is 15.9 Å². The van der Waals surface area contributed by atoms with Crippen LogP contribution < -0.4 is 16.0 Å². The standard InChI is InChI=1S/C28H40Cl2N4O2/c1-3-22-26(32-16-19-5-4-13-36-18-19)11-10-24(29)28(22)23-15-27(33-17-25(23)30)34-21-8-6-20(7-9-21)31-12-14-35-2/h10-11,15,17,19-21,31-32H,3-9,12-14,16,18H2,1-2H3,(H,33,34). The molecule has 1 aromatic heterocycles. The Morgan fingerprint density at radius 3 is 2.61 bits per heavy atom. The summed E-state index contributed by atoms with van der Waals surface area (Å²) in [5, 5.41) is 12.2. The van der Waals surface area contributed by atoms with Crippen LogP contribution in [0.2, 0.25) is 10.0 Å². The van der Waals surface area contributed by atoms with Gasteiger partial charge in [-0.1, -0.05) is 30.1 Å². The number of pyridine rings is 1. The first-order valence-electron chi connectivity index (χ1n) is 13.4. The van der Waals surface area contributed by atoms with Crippen LogP contribution >= 0.6 is 23.2 Å². The fourth-order valence-corrected chi connectivity index (χ4v) is 5.87. The molecule has 2 aliphatic rings. The van der Waals surface area contributed by atoms with E-state index in [1.807, 2.05) is 6.07 Å². The fourth-order valence-electron chi connectivity index (χ4n) is 5.39. The zero-order chi connectivity index (χ0) is 25.3. The summed E-state index contributed by atoms with van der Waals surface area (Å²) in [6.45, 7) is 6.43. The average molecular weight is 536 g/mol. The maximum Gasteiger partial charge on any atom is 0.126 e. The number of ether oxygens (including phenoxy) is 2. The monoisotopic (exact) mass is 534 g/mol. The predicted octanol–water partition coefficient (Wildman–Crippen LogP) is 6.42. The average Bonchev–Trinajstić information content (AvgIpc) is 2.90. The van der Waals surface area contributed by atoms with Crippen molar-refractivity contribution in [3.8, 4) is 11.1 Å². The number of benzene rings is 1. The molecule has 0 radical (unpaired) electrons. The Morgan fingerprint density at radius 1 is 1.08 bits per heavy atom. The number of aromatic nitrogens is 1. The Balaban J connectivity index is 1.47. The lowest BCUT2D eigenvalue weighted by molar-refractivity contribution is 0.0595. The van der Waals surface area contributed by atoms with Crippen molar-refractivity contribution in [2.45, 2.75) is 64.0 Å². The molecule has 198 valence electrons. The van der Waals surface area contributed by atoms with Gasteiger partial charge in [-0.05, 0) is 74.6 Å². The largest absolute Gasteiger partial charge is 0.384 e. The number of hydrogen-bond acceptors (Lipinski definition) is 6. The summed E-state index contributed by atoms with van der Waals surface area (Å²) < 4.78 is 10.8. The third-order valence-corrected chi connectivity index (χ3v) is 8.01. The van der Waals surface area contributed by atoms with Gasteiger partial charge >= 0.3 is 0 Å². The molecule has 1 saturated heterocycles. The SMILES string of the molecule is CCc1c(NCC2CCCOC2)ccc(Cl)c1-c1cc(NC2CCC(NCCOC)CC2)ncc1Cl. The van der Waals surface area contributed by atoms with Crippen LogP contribution in [-0.4, -0.2) is 57.1 Å². The molecule has 0 amide bonds. The molecule has 2 aromatic rings. The number of nitrogens with one attached hydrogen (secondary N) is 3. The molecular weight excluding hydrogens is 495 g/mol. The second-order valence-corrected chi connectivity index (χ2v) is 10.8. The van der Waals surface area contributed by atoms with Gasteiger partial charge in [-0.25, -0.2) is 4.98 Å². The van der Waals surface area contributed by atoms with Crippen LogP contribution in [0.25, 0.3) is 11.1 Å². The lowest BCUT2D eigenvalue weighted by Gasteiger charge is -2.30. The van der Waals surface area contributed by atoms with E-state index in [9.17, 15) is 0 Å². The van der Waals surface area contributed by atoms with Gasteiger partial charge < -0.3 is 25.4 Å². The normalized spacial score (nSPS) is 22.4. The van der Waals surface area contributed by atoms with E-state index in [2.05, 4.69) is 40.0 Å². The molecule has 8 heteroatoms. The number of halogens is 2. The lowest BCUT2D eigenvalue weighted by Crippen LogP contribution is -2.38. The summed E-state index contributed by atoms with van der Waals surface area (Å²) in [5.41, 5.74) is 4.21. The van der Waals surface area contributed by atoms with Crippen molar-refractivity contribution in [2.24, 2.45) is 5.92 Å². The molecular formula is C28H40Cl2N4O2. The van der Waals surface area contributed by atoms with Gasteiger partial charge in [-0.3, -0.25) is 0 Å². The molecule has 1 aliphatic heterocycles. The minimum Gasteiger partial charge on any atom is -0.384 e. The summed E-state index contributed by atoms with van der Waals surface area (Å²) in [5.74, 6) is 1.38. The highest BCUT2D eigenvalue weighted by molar-refractivity contribution is 6.36. The van der Waals surface area contributed by atoms with Crippen LogP contribution in [0.15, 0.2) is 24.4 Å². The molecule has 3 N–H and O–H groups in total. The topological polar surface area (TPSA) is 67.4 Å². The van der Waals surface area contributed by atoms with Crippen molar-refractivity contribution >= 4 is 34.7 Å². The summed E-state index contributed by atoms with van der Waals surface area (Å²) in [6, 6.07) is 7.08. The zero-order valence-corrected chi connectivity index (χ0v) is 23.1. The van der Waals surface area contributed by atoms with E-state index < -0.39 is 0 Å². The molecule has 6 nitrogen and oxygen atoms in total. The van der Waals surface area contributed by atoms with Gasteiger partial charge in [-0.2, -0.15) is 0 Å². The predicted molar refractivity (Wildman–Crippen MR) is 151 cm³/mol. The van der Waals surface area contributed by atoms with Crippen LogP contribution in [0.4, 0.5) is 11.5 Å². The maximum absolute atomic E-state index is 6.78. The van der Waals surface area contributed by atoms with Crippen LogP contribution in [0.3, 0.4) is 0 Å². The first kappa shape index (κ1) is 27.5. The van der Waals surface area contributed by atoms with Crippen molar-refractivity contribution in [3.63, 3.8) is 0 Å². The molecule has 1 saturated carbocycles. The number of hydrogen-bond donors (Lipinski definition) is 3. The van der Waals surface area contributed by atoms with Gasteiger partial charge in [0, 0.05) is 66.9 Å². The van der Waals surface area contributed by atoms with Gasteiger partial charge in [-0.15, -0.1) is 0 Å². The zero-order valence-electron chi connectivity index (χ0n) is 21.5. The first-order chi connectivity index (χ1) is 17.6. The van der Waals surface area contributed by atoms with Crippen LogP contribution in [0.1, 0.15) is 51.0 Å². The Hall–Kier alpha value is -1.57. The van der Waals surface area contributed by atoms with E-state index in [4.69, 9.17) is 32.7 Å². The van der Waals surface area contributed by atoms with Crippen molar-refractivity contribution in [3.05, 3.63) is 40.0 Å². The van der Waals surface area contributed by atoms with E-state index in [1.165, 1.54) is 12.0 Å². The highest BCUT2D eigenvalue weighted by Crippen LogP contribution is 2.40. The van der Waals surface area contributed by atoms with Gasteiger partial charge in [0.2, 0.25) is 0 Å². The summed E-state index contributed by atoms with van der Waals surface area (Å²) >= 11 is 13.5. The molecule has 1 atom stereocenters. The minimum absolute atomic E-state index is 0.402. The number of anilines is 2. The van der Waals surface area contributed by atoms with E-state index in [-0.39, 0.29) is 0 Å². The van der Waals surface area contributed by atoms with Crippen LogP contribution in [0.5, 0.6) is 0 Å². The summed E-state index contributed by atoms with van der Waals surface area (Å²) in [6.07, 6.45) is 9.43. The van der Waals surface area contributed by atoms with E-state index in [1.54, 1.807) is 13.3 Å². The number of methoxy groups -OCH3 is 1. The third kappa shape index (κ3) is 7.26. The Labute approximate surface area is 225 Å². The molecule has 2 heterocycles. The quantitative estimate of drug-likeness (QED) is 0.289. The van der Waals surface area contributed by atoms with Crippen molar-refractivity contribution in [2.75, 3.05) is 50.7 Å². The number of rotatable bonds is 11. The van der Waals surface area contributed by atoms with Gasteiger partial charge in [0.1, 0.15) is 5.82 Å². The number of nitrogens with zero attached hydrogens (tertiary/aromatic N) is 1. The molecule has 0 bridgehead atoms. The summed E-state index contributed by atoms with van der Waals surface area (Å²) in [7, 11) is 1.74. The highest BCUT2D eigenvalue weighted by Gasteiger charge is 2.22. The first-order valence-corrected chi connectivity index (χ1v) is 14.1. The molecule has 4 rings (SSSR count). The maximum atomic E-state index is 6.78. The van der Waals surface area contributed by atoms with E-state index in [0.29, 0.717) is 28.0 Å². The molecule has 1 aliphatic carbocycles. The summed E-state index contributed by atoms with van der Waals surface area (Å²) in [4.78, 5) is 4.60. The van der Waals surface area contributed by atoms with E-state index in [0.717, 1.165) is 94.1 Å². The van der Waals surface area contributed by atoms with Gasteiger partial charge in [0.05, 0.1) is 18.2 Å². The molecule has 2 fully saturated rings. The third-order valence-electron chi connectivity index (χ3n) is 7.39. The van der Waals surface area contributed by atoms with Crippen LogP contribution in [0, 0.1) is 5.92 Å². The lowest BCUT2D eigenvalue weighted by atomic mass is 9.91. The highest BCUT2D eigenvalue weighted by atomic mass is 35.5. The van der Waals surface area contributed by atoms with Crippen molar-refractivity contribution in [1.82, 2.24) is 10.3 Å². The Bertz CT molecular complexity index is 976. The molecule has 36 heavy (non-hydrogen) atoms. The smallest absolute Gasteiger partial charge is 0.126 e. The molecule has 0 spiro atoms. The van der Waals surface area contributed by atoms with Gasteiger partial charge in [0.15, 0.2) is 0 Å². The van der Waals surface area contributed by atoms with E-state index >= 15 is 0 Å². The van der Waals surface area contributed by atoms with Crippen molar-refractivity contribution < 1.29 is 9.47 Å². The molecule has 1 aromatic carbocycles. The van der Waals surface area contributed by atoms with Gasteiger partial charge in [0.25, 0.3) is 0 Å². The second-order valence-electron chi connectivity index (χ2n) is 9.96.